The number of hydrogen-bond donors (Lipinski definition) is 2. The average molecular weight is 216 g/mol. The van der Waals surface area contributed by atoms with E-state index in [4.69, 9.17) is 16.4 Å². The number of hydroxylamine groups is 1. The topological polar surface area (TPSA) is 41.5 Å². The van der Waals surface area contributed by atoms with Crippen LogP contribution in [0.5, 0.6) is 5.75 Å². The Morgan fingerprint density at radius 2 is 2.07 bits per heavy atom. The summed E-state index contributed by atoms with van der Waals surface area (Å²) in [6, 6.07) is 3.50. The molecule has 4 heteroatoms. The lowest BCUT2D eigenvalue weighted by molar-refractivity contribution is 0.0861. The molecule has 0 aromatic heterocycles. The monoisotopic (exact) mass is 215 g/mol. The summed E-state index contributed by atoms with van der Waals surface area (Å²) in [6.07, 6.45) is 0.756. The predicted octanol–water partition coefficient (Wildman–Crippen LogP) is 2.26. The van der Waals surface area contributed by atoms with Crippen molar-refractivity contribution in [2.45, 2.75) is 19.9 Å². The Bertz CT molecular complexity index is 315. The van der Waals surface area contributed by atoms with E-state index in [1.807, 2.05) is 6.92 Å². The van der Waals surface area contributed by atoms with Gasteiger partial charge in [0.25, 0.3) is 0 Å². The Hall–Kier alpha value is -0.770. The van der Waals surface area contributed by atoms with Crippen molar-refractivity contribution in [1.29, 1.82) is 0 Å². The minimum atomic E-state index is 0.293. The van der Waals surface area contributed by atoms with Crippen LogP contribution in [0, 0.1) is 0 Å². The molecule has 1 aromatic carbocycles. The normalized spacial score (nSPS) is 10.5. The van der Waals surface area contributed by atoms with Gasteiger partial charge in [-0.05, 0) is 24.1 Å². The number of hydrogen-bond acceptors (Lipinski definition) is 3. The highest BCUT2D eigenvalue weighted by Crippen LogP contribution is 2.27. The number of phenolic OH excluding ortho intramolecular Hbond substituents is 1. The maximum Gasteiger partial charge on any atom is 0.123 e. The SMILES string of the molecule is CCc1cc(Cl)cc(CNOC)c1O. The van der Waals surface area contributed by atoms with Crippen molar-refractivity contribution in [3.8, 4) is 5.75 Å². The van der Waals surface area contributed by atoms with Gasteiger partial charge in [0, 0.05) is 17.1 Å². The molecule has 0 amide bonds. The van der Waals surface area contributed by atoms with Gasteiger partial charge in [0.1, 0.15) is 5.75 Å². The van der Waals surface area contributed by atoms with Crippen LogP contribution in [0.2, 0.25) is 5.02 Å². The molecule has 0 atom stereocenters. The van der Waals surface area contributed by atoms with Gasteiger partial charge in [-0.2, -0.15) is 5.48 Å². The second-order valence-electron chi connectivity index (χ2n) is 2.95. The summed E-state index contributed by atoms with van der Waals surface area (Å²) in [7, 11) is 1.53. The van der Waals surface area contributed by atoms with Crippen LogP contribution in [-0.2, 0) is 17.8 Å². The average Bonchev–Trinajstić information content (AvgIpc) is 2.18. The highest BCUT2D eigenvalue weighted by atomic mass is 35.5. The van der Waals surface area contributed by atoms with Crippen molar-refractivity contribution in [2.24, 2.45) is 0 Å². The molecule has 0 spiro atoms. The van der Waals surface area contributed by atoms with Gasteiger partial charge in [0.15, 0.2) is 0 Å². The van der Waals surface area contributed by atoms with Crippen molar-refractivity contribution in [3.63, 3.8) is 0 Å². The Labute approximate surface area is 88.6 Å². The fourth-order valence-electron chi connectivity index (χ4n) is 1.27. The van der Waals surface area contributed by atoms with Gasteiger partial charge in [-0.3, -0.25) is 0 Å². The standard InChI is InChI=1S/C10H14ClNO2/c1-3-7-4-9(11)5-8(10(7)13)6-12-14-2/h4-5,12-13H,3,6H2,1-2H3. The van der Waals surface area contributed by atoms with E-state index < -0.39 is 0 Å². The van der Waals surface area contributed by atoms with E-state index in [2.05, 4.69) is 5.48 Å². The second kappa shape index (κ2) is 5.20. The molecule has 0 saturated heterocycles. The van der Waals surface area contributed by atoms with Crippen molar-refractivity contribution in [3.05, 3.63) is 28.3 Å². The number of aryl methyl sites for hydroxylation is 1. The summed E-state index contributed by atoms with van der Waals surface area (Å²) in [6.45, 7) is 2.41. The Balaban J connectivity index is 2.96. The third-order valence-corrected chi connectivity index (χ3v) is 2.24. The molecular weight excluding hydrogens is 202 g/mol. The van der Waals surface area contributed by atoms with Crippen molar-refractivity contribution >= 4 is 11.6 Å². The molecular formula is C10H14ClNO2. The van der Waals surface area contributed by atoms with Crippen molar-refractivity contribution in [2.75, 3.05) is 7.11 Å². The van der Waals surface area contributed by atoms with Gasteiger partial charge in [-0.1, -0.05) is 18.5 Å². The lowest BCUT2D eigenvalue weighted by atomic mass is 10.1. The van der Waals surface area contributed by atoms with E-state index in [1.165, 1.54) is 7.11 Å². The van der Waals surface area contributed by atoms with Crippen LogP contribution in [-0.4, -0.2) is 12.2 Å². The lowest BCUT2D eigenvalue weighted by Crippen LogP contribution is -2.11. The maximum absolute atomic E-state index is 9.79. The fourth-order valence-corrected chi connectivity index (χ4v) is 1.54. The third kappa shape index (κ3) is 2.61. The van der Waals surface area contributed by atoms with Gasteiger partial charge < -0.3 is 9.94 Å². The molecule has 0 saturated carbocycles. The van der Waals surface area contributed by atoms with E-state index in [-0.39, 0.29) is 0 Å². The summed E-state index contributed by atoms with van der Waals surface area (Å²) in [5.41, 5.74) is 4.26. The van der Waals surface area contributed by atoms with Crippen LogP contribution in [0.3, 0.4) is 0 Å². The highest BCUT2D eigenvalue weighted by Gasteiger charge is 2.07. The first kappa shape index (κ1) is 11.3. The first-order valence-corrected chi connectivity index (χ1v) is 4.83. The van der Waals surface area contributed by atoms with E-state index in [0.29, 0.717) is 17.3 Å². The van der Waals surface area contributed by atoms with E-state index in [0.717, 1.165) is 17.5 Å². The number of phenols is 1. The third-order valence-electron chi connectivity index (χ3n) is 2.02. The van der Waals surface area contributed by atoms with Crippen LogP contribution >= 0.6 is 11.6 Å². The summed E-state index contributed by atoms with van der Waals surface area (Å²) in [5, 5.41) is 10.4. The molecule has 0 radical (unpaired) electrons. The Kier molecular flexibility index (Phi) is 4.20. The molecule has 0 heterocycles. The van der Waals surface area contributed by atoms with Crippen LogP contribution in [0.4, 0.5) is 0 Å². The van der Waals surface area contributed by atoms with E-state index in [9.17, 15) is 5.11 Å². The zero-order valence-corrected chi connectivity index (χ0v) is 9.06. The van der Waals surface area contributed by atoms with E-state index in [1.54, 1.807) is 12.1 Å². The highest BCUT2D eigenvalue weighted by molar-refractivity contribution is 6.30. The van der Waals surface area contributed by atoms with Gasteiger partial charge in [0.05, 0.1) is 7.11 Å². The quantitative estimate of drug-likeness (QED) is 0.758. The summed E-state index contributed by atoms with van der Waals surface area (Å²) >= 11 is 5.90. The molecule has 0 fully saturated rings. The van der Waals surface area contributed by atoms with Gasteiger partial charge in [-0.15, -0.1) is 0 Å². The number of benzene rings is 1. The molecule has 0 aliphatic heterocycles. The maximum atomic E-state index is 9.79. The molecule has 0 bridgehead atoms. The van der Waals surface area contributed by atoms with Crippen LogP contribution in [0.1, 0.15) is 18.1 Å². The zero-order valence-electron chi connectivity index (χ0n) is 8.30. The predicted molar refractivity (Wildman–Crippen MR) is 56.3 cm³/mol. The lowest BCUT2D eigenvalue weighted by Gasteiger charge is -2.09. The molecule has 3 nitrogen and oxygen atoms in total. The Morgan fingerprint density at radius 3 is 2.64 bits per heavy atom. The molecule has 0 aliphatic carbocycles. The van der Waals surface area contributed by atoms with Crippen molar-refractivity contribution < 1.29 is 9.94 Å². The molecule has 0 unspecified atom stereocenters. The number of nitrogens with one attached hydrogen (secondary N) is 1. The molecule has 14 heavy (non-hydrogen) atoms. The first-order chi connectivity index (χ1) is 6.69. The van der Waals surface area contributed by atoms with E-state index >= 15 is 0 Å². The van der Waals surface area contributed by atoms with Gasteiger partial charge >= 0.3 is 0 Å². The number of aromatic hydroxyl groups is 1. The summed E-state index contributed by atoms with van der Waals surface area (Å²) in [4.78, 5) is 4.71. The van der Waals surface area contributed by atoms with Crippen molar-refractivity contribution in [1.82, 2.24) is 5.48 Å². The summed E-state index contributed by atoms with van der Waals surface area (Å²) < 4.78 is 0. The summed E-state index contributed by atoms with van der Waals surface area (Å²) in [5.74, 6) is 0.293. The molecule has 78 valence electrons. The van der Waals surface area contributed by atoms with Crippen LogP contribution in [0.15, 0.2) is 12.1 Å². The largest absolute Gasteiger partial charge is 0.507 e. The zero-order chi connectivity index (χ0) is 10.6. The first-order valence-electron chi connectivity index (χ1n) is 4.45. The van der Waals surface area contributed by atoms with Gasteiger partial charge in [-0.25, -0.2) is 0 Å². The minimum absolute atomic E-state index is 0.293. The minimum Gasteiger partial charge on any atom is -0.507 e. The molecule has 0 aliphatic rings. The van der Waals surface area contributed by atoms with Gasteiger partial charge in [0.2, 0.25) is 0 Å². The second-order valence-corrected chi connectivity index (χ2v) is 3.39. The van der Waals surface area contributed by atoms with Crippen LogP contribution < -0.4 is 5.48 Å². The van der Waals surface area contributed by atoms with Crippen LogP contribution in [0.25, 0.3) is 0 Å². The molecule has 1 aromatic rings. The Morgan fingerprint density at radius 1 is 1.43 bits per heavy atom. The molecule has 1 rings (SSSR count). The smallest absolute Gasteiger partial charge is 0.123 e. The number of rotatable bonds is 4. The number of halogens is 1. The fraction of sp³-hybridized carbons (Fsp3) is 0.400. The molecule has 2 N–H and O–H groups in total.